The molecule has 8 nitrogen and oxygen atoms in total. The number of benzene rings is 1. The number of anilines is 1. The van der Waals surface area contributed by atoms with Crippen LogP contribution in [0.3, 0.4) is 0 Å². The maximum atomic E-state index is 13.2. The second kappa shape index (κ2) is 8.02. The fraction of sp³-hybridized carbons (Fsp3) is 0.417. The minimum Gasteiger partial charge on any atom is -0.368 e. The maximum absolute atomic E-state index is 13.2. The number of para-hydroxylation sites is 1. The largest absolute Gasteiger partial charge is 0.368 e. The van der Waals surface area contributed by atoms with E-state index in [-0.39, 0.29) is 17.8 Å². The molecule has 1 saturated heterocycles. The van der Waals surface area contributed by atoms with Crippen LogP contribution in [0, 0.1) is 0 Å². The Kier molecular flexibility index (Phi) is 5.17. The molecule has 1 amide bonds. The number of nitrogen functional groups attached to an aromatic ring is 1. The lowest BCUT2D eigenvalue weighted by atomic mass is 9.83. The fourth-order valence-corrected chi connectivity index (χ4v) is 4.62. The first-order chi connectivity index (χ1) is 15.4. The molecule has 0 aliphatic carbocycles. The Labute approximate surface area is 187 Å². The van der Waals surface area contributed by atoms with Crippen LogP contribution in [-0.2, 0) is 16.8 Å². The van der Waals surface area contributed by atoms with E-state index >= 15 is 0 Å². The van der Waals surface area contributed by atoms with Gasteiger partial charge in [-0.2, -0.15) is 5.10 Å². The first-order valence-electron chi connectivity index (χ1n) is 11.2. The normalized spacial score (nSPS) is 17.5. The van der Waals surface area contributed by atoms with Crippen molar-refractivity contribution >= 4 is 11.9 Å². The van der Waals surface area contributed by atoms with Gasteiger partial charge in [0.15, 0.2) is 0 Å². The summed E-state index contributed by atoms with van der Waals surface area (Å²) in [5.74, 6) is 0.201. The Morgan fingerprint density at radius 1 is 1.16 bits per heavy atom. The molecule has 1 fully saturated rings. The molecule has 0 unspecified atom stereocenters. The molecule has 1 aromatic carbocycles. The van der Waals surface area contributed by atoms with E-state index in [0.29, 0.717) is 38.2 Å². The molecule has 0 bridgehead atoms. The van der Waals surface area contributed by atoms with Gasteiger partial charge in [0, 0.05) is 25.0 Å². The molecule has 0 radical (unpaired) electrons. The summed E-state index contributed by atoms with van der Waals surface area (Å²) in [6.07, 6.45) is 4.37. The van der Waals surface area contributed by atoms with Gasteiger partial charge in [-0.25, -0.2) is 14.6 Å². The molecular weight excluding hydrogens is 404 g/mol. The Hall–Kier alpha value is -3.26. The standard InChI is InChI=1S/C24H28N6O2/c1-16(2)19-14-20(27-23(25)26-19)22(31)29-11-9-24(10-12-29)21-17(8-13-32-24)15-30(28-21)18-6-4-3-5-7-18/h3-7,14-16H,8-13H2,1-2H3,(H2,25,26,27). The number of aromatic nitrogens is 4. The van der Waals surface area contributed by atoms with E-state index in [9.17, 15) is 4.79 Å². The Bertz CT molecular complexity index is 1130. The predicted molar refractivity (Wildman–Crippen MR) is 121 cm³/mol. The van der Waals surface area contributed by atoms with Gasteiger partial charge in [-0.1, -0.05) is 32.0 Å². The summed E-state index contributed by atoms with van der Waals surface area (Å²) in [5, 5.41) is 4.92. The van der Waals surface area contributed by atoms with Crippen molar-refractivity contribution in [1.82, 2.24) is 24.6 Å². The lowest BCUT2D eigenvalue weighted by Crippen LogP contribution is -2.48. The SMILES string of the molecule is CC(C)c1cc(C(=O)N2CCC3(CC2)OCCc2cn(-c4ccccc4)nc23)nc(N)n1. The van der Waals surface area contributed by atoms with Crippen LogP contribution in [0.5, 0.6) is 0 Å². The molecule has 3 aromatic rings. The van der Waals surface area contributed by atoms with Gasteiger partial charge in [0.05, 0.1) is 18.0 Å². The highest BCUT2D eigenvalue weighted by Gasteiger charge is 2.44. The topological polar surface area (TPSA) is 99.2 Å². The molecule has 2 N–H and O–H groups in total. The molecule has 2 aromatic heterocycles. The van der Waals surface area contributed by atoms with Crippen LogP contribution in [0.25, 0.3) is 5.69 Å². The summed E-state index contributed by atoms with van der Waals surface area (Å²) in [7, 11) is 0. The smallest absolute Gasteiger partial charge is 0.272 e. The summed E-state index contributed by atoms with van der Waals surface area (Å²) >= 11 is 0. The average Bonchev–Trinajstić information content (AvgIpc) is 3.25. The number of nitrogens with zero attached hydrogens (tertiary/aromatic N) is 5. The number of nitrogens with two attached hydrogens (primary N) is 1. The third kappa shape index (κ3) is 3.64. The zero-order chi connectivity index (χ0) is 22.3. The molecule has 0 atom stereocenters. The number of piperidine rings is 1. The first kappa shape index (κ1) is 20.6. The predicted octanol–water partition coefficient (Wildman–Crippen LogP) is 3.07. The van der Waals surface area contributed by atoms with Crippen LogP contribution in [-0.4, -0.2) is 50.3 Å². The van der Waals surface area contributed by atoms with Gasteiger partial charge >= 0.3 is 0 Å². The highest BCUT2D eigenvalue weighted by molar-refractivity contribution is 5.92. The van der Waals surface area contributed by atoms with Crippen molar-refractivity contribution in [3.8, 4) is 5.69 Å². The number of rotatable bonds is 3. The van der Waals surface area contributed by atoms with Crippen LogP contribution in [0.1, 0.15) is 60.0 Å². The lowest BCUT2D eigenvalue weighted by Gasteiger charge is -2.42. The third-order valence-corrected chi connectivity index (χ3v) is 6.42. The van der Waals surface area contributed by atoms with E-state index in [2.05, 4.69) is 16.2 Å². The number of hydrogen-bond acceptors (Lipinski definition) is 6. The molecule has 5 rings (SSSR count). The number of amides is 1. The van der Waals surface area contributed by atoms with Gasteiger partial charge in [0.1, 0.15) is 11.3 Å². The highest BCUT2D eigenvalue weighted by Crippen LogP contribution is 2.41. The van der Waals surface area contributed by atoms with E-state index in [1.54, 1.807) is 6.07 Å². The molecule has 8 heteroatoms. The summed E-state index contributed by atoms with van der Waals surface area (Å²) in [5.41, 5.74) is 9.81. The molecule has 32 heavy (non-hydrogen) atoms. The molecule has 2 aliphatic heterocycles. The van der Waals surface area contributed by atoms with Crippen LogP contribution in [0.15, 0.2) is 42.6 Å². The van der Waals surface area contributed by atoms with Gasteiger partial charge in [0.2, 0.25) is 5.95 Å². The monoisotopic (exact) mass is 432 g/mol. The number of likely N-dealkylation sites (tertiary alicyclic amines) is 1. The minimum atomic E-state index is -0.446. The summed E-state index contributed by atoms with van der Waals surface area (Å²) in [4.78, 5) is 23.4. The molecule has 0 saturated carbocycles. The lowest BCUT2D eigenvalue weighted by molar-refractivity contribution is -0.0963. The summed E-state index contributed by atoms with van der Waals surface area (Å²) < 4.78 is 8.27. The van der Waals surface area contributed by atoms with Crippen molar-refractivity contribution in [3.63, 3.8) is 0 Å². The Morgan fingerprint density at radius 2 is 1.91 bits per heavy atom. The third-order valence-electron chi connectivity index (χ3n) is 6.42. The van der Waals surface area contributed by atoms with Gasteiger partial charge in [-0.15, -0.1) is 0 Å². The van der Waals surface area contributed by atoms with Crippen molar-refractivity contribution in [3.05, 3.63) is 65.2 Å². The van der Waals surface area contributed by atoms with Crippen molar-refractivity contribution in [2.75, 3.05) is 25.4 Å². The van der Waals surface area contributed by atoms with E-state index in [1.807, 2.05) is 53.8 Å². The van der Waals surface area contributed by atoms with E-state index in [0.717, 1.165) is 23.5 Å². The van der Waals surface area contributed by atoms with Gasteiger partial charge < -0.3 is 15.4 Å². The van der Waals surface area contributed by atoms with Crippen LogP contribution in [0.4, 0.5) is 5.95 Å². The molecule has 2 aliphatic rings. The Morgan fingerprint density at radius 3 is 2.62 bits per heavy atom. The van der Waals surface area contributed by atoms with Gasteiger partial charge in [-0.05, 0) is 48.9 Å². The van der Waals surface area contributed by atoms with Gasteiger partial charge in [-0.3, -0.25) is 4.79 Å². The molecular formula is C24H28N6O2. The number of carbonyl (C=O) groups excluding carboxylic acids is 1. The number of hydrogen-bond donors (Lipinski definition) is 1. The highest BCUT2D eigenvalue weighted by atomic mass is 16.5. The average molecular weight is 433 g/mol. The zero-order valence-electron chi connectivity index (χ0n) is 18.5. The number of carbonyl (C=O) groups is 1. The zero-order valence-corrected chi connectivity index (χ0v) is 18.5. The summed E-state index contributed by atoms with van der Waals surface area (Å²) in [6.45, 7) is 5.87. The van der Waals surface area contributed by atoms with Crippen molar-refractivity contribution in [1.29, 1.82) is 0 Å². The number of fused-ring (bicyclic) bond motifs is 2. The van der Waals surface area contributed by atoms with E-state index in [1.165, 1.54) is 5.56 Å². The first-order valence-corrected chi connectivity index (χ1v) is 11.2. The van der Waals surface area contributed by atoms with Gasteiger partial charge in [0.25, 0.3) is 5.91 Å². The van der Waals surface area contributed by atoms with E-state index in [4.69, 9.17) is 15.6 Å². The number of ether oxygens (including phenoxy) is 1. The second-order valence-electron chi connectivity index (χ2n) is 8.86. The molecule has 166 valence electrons. The molecule has 1 spiro atoms. The van der Waals surface area contributed by atoms with Crippen LogP contribution in [0.2, 0.25) is 0 Å². The fourth-order valence-electron chi connectivity index (χ4n) is 4.62. The van der Waals surface area contributed by atoms with Crippen molar-refractivity contribution in [2.45, 2.75) is 44.6 Å². The quantitative estimate of drug-likeness (QED) is 0.683. The van der Waals surface area contributed by atoms with Crippen molar-refractivity contribution in [2.24, 2.45) is 0 Å². The maximum Gasteiger partial charge on any atom is 0.272 e. The summed E-state index contributed by atoms with van der Waals surface area (Å²) in [6, 6.07) is 11.9. The van der Waals surface area contributed by atoms with Crippen LogP contribution >= 0.6 is 0 Å². The molecule has 4 heterocycles. The minimum absolute atomic E-state index is 0.110. The van der Waals surface area contributed by atoms with E-state index < -0.39 is 5.60 Å². The second-order valence-corrected chi connectivity index (χ2v) is 8.86. The van der Waals surface area contributed by atoms with Crippen molar-refractivity contribution < 1.29 is 9.53 Å². The Balaban J connectivity index is 1.36. The van der Waals surface area contributed by atoms with Crippen LogP contribution < -0.4 is 5.73 Å².